The maximum atomic E-state index is 12.3. The number of nitrogens with zero attached hydrogens (tertiary/aromatic N) is 2. The molecule has 0 aliphatic carbocycles. The molecule has 4 rings (SSSR count). The van der Waals surface area contributed by atoms with Gasteiger partial charge in [-0.25, -0.2) is 4.98 Å². The summed E-state index contributed by atoms with van der Waals surface area (Å²) < 4.78 is 1.15. The molecule has 1 saturated heterocycles. The van der Waals surface area contributed by atoms with Crippen molar-refractivity contribution < 1.29 is 9.90 Å². The number of benzene rings is 1. The van der Waals surface area contributed by atoms with Gasteiger partial charge in [-0.15, -0.1) is 11.8 Å². The first kappa shape index (κ1) is 16.1. The Labute approximate surface area is 148 Å². The number of H-pyrrole nitrogens is 1. The van der Waals surface area contributed by atoms with Crippen molar-refractivity contribution in [1.82, 2.24) is 14.9 Å². The number of β-lactam (4-membered cyclic amide) rings is 1. The smallest absolute Gasteiger partial charge is 0.236 e. The molecule has 0 saturated carbocycles. The average molecular weight is 361 g/mol. The van der Waals surface area contributed by atoms with E-state index >= 15 is 0 Å². The monoisotopic (exact) mass is 361 g/mol. The third-order valence-electron chi connectivity index (χ3n) is 4.58. The van der Waals surface area contributed by atoms with Crippen LogP contribution in [0.2, 0.25) is 0 Å². The van der Waals surface area contributed by atoms with Crippen molar-refractivity contribution in [3.8, 4) is 0 Å². The number of rotatable bonds is 5. The lowest BCUT2D eigenvalue weighted by molar-refractivity contribution is -0.153. The molecule has 2 aliphatic heterocycles. The van der Waals surface area contributed by atoms with Crippen LogP contribution in [0.3, 0.4) is 0 Å². The van der Waals surface area contributed by atoms with Gasteiger partial charge in [0.2, 0.25) is 5.91 Å². The molecule has 24 heavy (non-hydrogen) atoms. The summed E-state index contributed by atoms with van der Waals surface area (Å²) >= 11 is 3.40. The van der Waals surface area contributed by atoms with Gasteiger partial charge >= 0.3 is 0 Å². The van der Waals surface area contributed by atoms with Gasteiger partial charge in [0.05, 0.1) is 33.0 Å². The second-order valence-corrected chi connectivity index (χ2v) is 8.45. The van der Waals surface area contributed by atoms with Gasteiger partial charge in [0, 0.05) is 5.70 Å². The fourth-order valence-electron chi connectivity index (χ4n) is 3.22. The number of imidazole rings is 1. The lowest BCUT2D eigenvalue weighted by atomic mass is 9.90. The highest BCUT2D eigenvalue weighted by atomic mass is 32.2. The molecule has 0 unspecified atom stereocenters. The Morgan fingerprint density at radius 1 is 1.46 bits per heavy atom. The Morgan fingerprint density at radius 3 is 3.00 bits per heavy atom. The van der Waals surface area contributed by atoms with Crippen LogP contribution in [0, 0.1) is 5.92 Å². The highest BCUT2D eigenvalue weighted by Gasteiger charge is 2.55. The Morgan fingerprint density at radius 2 is 2.25 bits per heavy atom. The first-order valence-electron chi connectivity index (χ1n) is 8.05. The first-order chi connectivity index (χ1) is 11.6. The number of fused-ring (bicyclic) bond motifs is 2. The number of hydrogen-bond acceptors (Lipinski definition) is 5. The molecular weight excluding hydrogens is 342 g/mol. The summed E-state index contributed by atoms with van der Waals surface area (Å²) in [4.78, 5) is 22.0. The van der Waals surface area contributed by atoms with Gasteiger partial charge in [-0.05, 0) is 25.5 Å². The van der Waals surface area contributed by atoms with E-state index in [2.05, 4.69) is 9.97 Å². The van der Waals surface area contributed by atoms with E-state index in [9.17, 15) is 9.90 Å². The maximum Gasteiger partial charge on any atom is 0.236 e. The standard InChI is InChI=1S/C17H19N3O2S2/c1-3-12(21)14-15(22)20-9(2)17(24-16(14)20)23-8-13-18-10-6-4-5-7-11(10)19-13/h4-7,12,14,16,21H,3,8H2,1-2H3,(H,18,19)/t12-,14+,16+/m0/s1. The molecule has 5 nitrogen and oxygen atoms in total. The van der Waals surface area contributed by atoms with Crippen LogP contribution < -0.4 is 0 Å². The molecule has 3 atom stereocenters. The molecule has 1 aromatic carbocycles. The molecule has 1 aromatic heterocycles. The van der Waals surface area contributed by atoms with E-state index in [1.54, 1.807) is 23.5 Å². The van der Waals surface area contributed by atoms with E-state index in [0.717, 1.165) is 32.5 Å². The molecule has 2 aliphatic rings. The van der Waals surface area contributed by atoms with Gasteiger partial charge < -0.3 is 15.0 Å². The number of thioether (sulfide) groups is 2. The van der Waals surface area contributed by atoms with E-state index < -0.39 is 6.10 Å². The molecule has 126 valence electrons. The summed E-state index contributed by atoms with van der Waals surface area (Å²) in [5, 5.41) is 10.1. The minimum absolute atomic E-state index is 0.0543. The maximum absolute atomic E-state index is 12.3. The van der Waals surface area contributed by atoms with Crippen molar-refractivity contribution in [1.29, 1.82) is 0 Å². The van der Waals surface area contributed by atoms with Gasteiger partial charge in [0.25, 0.3) is 0 Å². The van der Waals surface area contributed by atoms with Crippen molar-refractivity contribution in [2.75, 3.05) is 0 Å². The number of aliphatic hydroxyl groups is 1. The zero-order chi connectivity index (χ0) is 16.8. The molecule has 3 heterocycles. The second kappa shape index (κ2) is 6.13. The molecule has 0 bridgehead atoms. The number of aromatic amines is 1. The van der Waals surface area contributed by atoms with Crippen molar-refractivity contribution in [3.05, 3.63) is 40.0 Å². The van der Waals surface area contributed by atoms with Gasteiger partial charge in [-0.3, -0.25) is 4.79 Å². The predicted octanol–water partition coefficient (Wildman–Crippen LogP) is 3.29. The fourth-order valence-corrected chi connectivity index (χ4v) is 5.97. The highest BCUT2D eigenvalue weighted by Crippen LogP contribution is 2.54. The fraction of sp³-hybridized carbons (Fsp3) is 0.412. The van der Waals surface area contributed by atoms with E-state index in [1.807, 2.05) is 43.0 Å². The van der Waals surface area contributed by atoms with Crippen molar-refractivity contribution in [3.63, 3.8) is 0 Å². The van der Waals surface area contributed by atoms with Crippen molar-refractivity contribution in [2.24, 2.45) is 5.92 Å². The Balaban J connectivity index is 1.46. The summed E-state index contributed by atoms with van der Waals surface area (Å²) in [6.45, 7) is 3.90. The number of para-hydroxylation sites is 2. The molecule has 2 N–H and O–H groups in total. The van der Waals surface area contributed by atoms with E-state index in [-0.39, 0.29) is 17.2 Å². The normalized spacial score (nSPS) is 24.5. The first-order valence-corrected chi connectivity index (χ1v) is 9.91. The molecule has 1 amide bonds. The molecule has 1 fully saturated rings. The number of allylic oxidation sites excluding steroid dienone is 1. The average Bonchev–Trinajstić information content (AvgIpc) is 3.11. The van der Waals surface area contributed by atoms with Gasteiger partial charge in [-0.2, -0.15) is 0 Å². The summed E-state index contributed by atoms with van der Waals surface area (Å²) in [6.07, 6.45) is 0.0701. The summed E-state index contributed by atoms with van der Waals surface area (Å²) in [7, 11) is 0. The van der Waals surface area contributed by atoms with E-state index in [0.29, 0.717) is 6.42 Å². The van der Waals surface area contributed by atoms with Gasteiger partial charge in [0.1, 0.15) is 11.2 Å². The highest BCUT2D eigenvalue weighted by molar-refractivity contribution is 8.22. The lowest BCUT2D eigenvalue weighted by Gasteiger charge is -2.44. The minimum atomic E-state index is -0.543. The summed E-state index contributed by atoms with van der Waals surface area (Å²) in [5.41, 5.74) is 3.03. The number of carbonyl (C=O) groups excluding carboxylic acids is 1. The van der Waals surface area contributed by atoms with Gasteiger partial charge in [0.15, 0.2) is 0 Å². The van der Waals surface area contributed by atoms with Crippen LogP contribution in [0.5, 0.6) is 0 Å². The summed E-state index contributed by atoms with van der Waals surface area (Å²) in [5.74, 6) is 1.47. The minimum Gasteiger partial charge on any atom is -0.392 e. The topological polar surface area (TPSA) is 69.2 Å². The third-order valence-corrected chi connectivity index (χ3v) is 7.45. The third kappa shape index (κ3) is 2.46. The predicted molar refractivity (Wildman–Crippen MR) is 98.1 cm³/mol. The number of hydrogen-bond donors (Lipinski definition) is 2. The van der Waals surface area contributed by atoms with Crippen LogP contribution in [-0.2, 0) is 10.5 Å². The van der Waals surface area contributed by atoms with Crippen LogP contribution in [0.25, 0.3) is 11.0 Å². The van der Waals surface area contributed by atoms with Crippen LogP contribution >= 0.6 is 23.5 Å². The largest absolute Gasteiger partial charge is 0.392 e. The Kier molecular flexibility index (Phi) is 4.10. The van der Waals surface area contributed by atoms with Crippen LogP contribution in [0.15, 0.2) is 34.2 Å². The molecule has 2 aromatic rings. The molecule has 7 heteroatoms. The zero-order valence-corrected chi connectivity index (χ0v) is 15.2. The van der Waals surface area contributed by atoms with Crippen LogP contribution in [-0.4, -0.2) is 37.4 Å². The number of nitrogens with one attached hydrogen (secondary N) is 1. The number of aromatic nitrogens is 2. The van der Waals surface area contributed by atoms with E-state index in [1.165, 1.54) is 0 Å². The van der Waals surface area contributed by atoms with Crippen LogP contribution in [0.4, 0.5) is 0 Å². The second-order valence-electron chi connectivity index (χ2n) is 6.08. The molecular formula is C17H19N3O2S2. The molecule has 0 radical (unpaired) electrons. The number of amides is 1. The van der Waals surface area contributed by atoms with E-state index in [4.69, 9.17) is 0 Å². The molecule has 0 spiro atoms. The zero-order valence-electron chi connectivity index (χ0n) is 13.5. The Hall–Kier alpha value is -1.44. The van der Waals surface area contributed by atoms with Crippen molar-refractivity contribution in [2.45, 2.75) is 37.5 Å². The Bertz CT molecular complexity index is 799. The van der Waals surface area contributed by atoms with Crippen LogP contribution in [0.1, 0.15) is 26.1 Å². The quantitative estimate of drug-likeness (QED) is 0.800. The lowest BCUT2D eigenvalue weighted by Crippen LogP contribution is -2.60. The summed E-state index contributed by atoms with van der Waals surface area (Å²) in [6, 6.07) is 7.99. The van der Waals surface area contributed by atoms with Crippen molar-refractivity contribution >= 4 is 40.5 Å². The number of carbonyl (C=O) groups is 1. The SMILES string of the molecule is CC[C@H](O)[C@@H]1C(=O)N2C(C)=C(SCc3nc4ccccc4[nH]3)S[C@H]12. The van der Waals surface area contributed by atoms with Gasteiger partial charge in [-0.1, -0.05) is 30.8 Å². The number of aliphatic hydroxyl groups excluding tert-OH is 1.